The Kier molecular flexibility index (Phi) is 5.23. The summed E-state index contributed by atoms with van der Waals surface area (Å²) in [6.07, 6.45) is 1.35. The average molecular weight is 262 g/mol. The van der Waals surface area contributed by atoms with E-state index in [0.717, 1.165) is 36.3 Å². The van der Waals surface area contributed by atoms with Crippen molar-refractivity contribution >= 4 is 0 Å². The lowest BCUT2D eigenvalue weighted by Gasteiger charge is -2.34. The third-order valence-electron chi connectivity index (χ3n) is 3.80. The number of nitrogens with zero attached hydrogens (tertiary/aromatic N) is 1. The van der Waals surface area contributed by atoms with Crippen LogP contribution in [-0.2, 0) is 6.54 Å². The van der Waals surface area contributed by atoms with Gasteiger partial charge in [0, 0.05) is 31.7 Å². The first kappa shape index (κ1) is 14.4. The highest BCUT2D eigenvalue weighted by Gasteiger charge is 2.21. The van der Waals surface area contributed by atoms with E-state index in [1.165, 1.54) is 19.5 Å². The number of hydrogen-bond donors (Lipinski definition) is 1. The van der Waals surface area contributed by atoms with Crippen LogP contribution in [0.15, 0.2) is 24.3 Å². The Labute approximate surface area is 116 Å². The number of hydrogen-bond acceptors (Lipinski definition) is 3. The maximum atomic E-state index is 5.88. The molecule has 2 unspecified atom stereocenters. The van der Waals surface area contributed by atoms with Gasteiger partial charge in [-0.2, -0.15) is 0 Å². The Morgan fingerprint density at radius 2 is 1.89 bits per heavy atom. The van der Waals surface area contributed by atoms with Crippen molar-refractivity contribution in [2.24, 2.45) is 17.6 Å². The van der Waals surface area contributed by atoms with E-state index < -0.39 is 0 Å². The van der Waals surface area contributed by atoms with Crippen LogP contribution < -0.4 is 10.5 Å². The molecule has 1 saturated heterocycles. The van der Waals surface area contributed by atoms with Gasteiger partial charge < -0.3 is 10.5 Å². The van der Waals surface area contributed by atoms with Gasteiger partial charge in [-0.05, 0) is 24.3 Å². The SMILES string of the molecule is CC1CC(C)CN(CCOc2ccccc2CN)C1. The van der Waals surface area contributed by atoms with Crippen molar-refractivity contribution in [2.75, 3.05) is 26.2 Å². The van der Waals surface area contributed by atoms with Gasteiger partial charge in [-0.15, -0.1) is 0 Å². The molecule has 1 aliphatic heterocycles. The molecule has 2 atom stereocenters. The highest BCUT2D eigenvalue weighted by molar-refractivity contribution is 5.32. The summed E-state index contributed by atoms with van der Waals surface area (Å²) in [5.74, 6) is 2.54. The molecular formula is C16H26N2O. The van der Waals surface area contributed by atoms with E-state index in [1.807, 2.05) is 24.3 Å². The molecule has 1 aliphatic rings. The zero-order valence-electron chi connectivity index (χ0n) is 12.1. The topological polar surface area (TPSA) is 38.5 Å². The number of para-hydroxylation sites is 1. The summed E-state index contributed by atoms with van der Waals surface area (Å²) in [5, 5.41) is 0. The van der Waals surface area contributed by atoms with Crippen LogP contribution in [0.4, 0.5) is 0 Å². The van der Waals surface area contributed by atoms with E-state index in [2.05, 4.69) is 18.7 Å². The van der Waals surface area contributed by atoms with Crippen LogP contribution in [0.25, 0.3) is 0 Å². The fourth-order valence-electron chi connectivity index (χ4n) is 3.07. The fraction of sp³-hybridized carbons (Fsp3) is 0.625. The first-order valence-corrected chi connectivity index (χ1v) is 7.32. The third kappa shape index (κ3) is 4.22. The van der Waals surface area contributed by atoms with E-state index in [9.17, 15) is 0 Å². The molecule has 3 heteroatoms. The predicted octanol–water partition coefficient (Wildman–Crippen LogP) is 2.50. The summed E-state index contributed by atoms with van der Waals surface area (Å²) >= 11 is 0. The van der Waals surface area contributed by atoms with Crippen LogP contribution in [0.1, 0.15) is 25.8 Å². The molecule has 0 saturated carbocycles. The lowest BCUT2D eigenvalue weighted by molar-refractivity contribution is 0.120. The van der Waals surface area contributed by atoms with Crippen molar-refractivity contribution in [2.45, 2.75) is 26.8 Å². The molecule has 2 rings (SSSR count). The van der Waals surface area contributed by atoms with Gasteiger partial charge in [0.2, 0.25) is 0 Å². The van der Waals surface area contributed by atoms with Crippen LogP contribution in [0.5, 0.6) is 5.75 Å². The minimum atomic E-state index is 0.536. The summed E-state index contributed by atoms with van der Waals surface area (Å²) in [6, 6.07) is 8.03. The van der Waals surface area contributed by atoms with Gasteiger partial charge in [0.25, 0.3) is 0 Å². The molecule has 19 heavy (non-hydrogen) atoms. The van der Waals surface area contributed by atoms with Gasteiger partial charge in [-0.25, -0.2) is 0 Å². The van der Waals surface area contributed by atoms with Crippen LogP contribution in [0, 0.1) is 11.8 Å². The monoisotopic (exact) mass is 262 g/mol. The van der Waals surface area contributed by atoms with Crippen molar-refractivity contribution in [3.8, 4) is 5.75 Å². The second-order valence-electron chi connectivity index (χ2n) is 5.87. The van der Waals surface area contributed by atoms with Gasteiger partial charge in [-0.3, -0.25) is 4.90 Å². The minimum absolute atomic E-state index is 0.536. The zero-order chi connectivity index (χ0) is 13.7. The fourth-order valence-corrected chi connectivity index (χ4v) is 3.07. The highest BCUT2D eigenvalue weighted by atomic mass is 16.5. The van der Waals surface area contributed by atoms with Gasteiger partial charge in [0.05, 0.1) is 0 Å². The molecule has 1 aromatic carbocycles. The van der Waals surface area contributed by atoms with Gasteiger partial charge in [0.1, 0.15) is 12.4 Å². The van der Waals surface area contributed by atoms with Crippen molar-refractivity contribution in [3.05, 3.63) is 29.8 Å². The lowest BCUT2D eigenvalue weighted by atomic mass is 9.92. The van der Waals surface area contributed by atoms with E-state index in [0.29, 0.717) is 6.54 Å². The first-order chi connectivity index (χ1) is 9.19. The minimum Gasteiger partial charge on any atom is -0.492 e. The van der Waals surface area contributed by atoms with Crippen LogP contribution >= 0.6 is 0 Å². The zero-order valence-corrected chi connectivity index (χ0v) is 12.1. The molecule has 2 N–H and O–H groups in total. The Bertz CT molecular complexity index is 384. The summed E-state index contributed by atoms with van der Waals surface area (Å²) in [7, 11) is 0. The Morgan fingerprint density at radius 3 is 2.58 bits per heavy atom. The molecule has 1 fully saturated rings. The van der Waals surface area contributed by atoms with Gasteiger partial charge in [0.15, 0.2) is 0 Å². The van der Waals surface area contributed by atoms with Crippen LogP contribution in [-0.4, -0.2) is 31.1 Å². The van der Waals surface area contributed by atoms with Crippen molar-refractivity contribution in [3.63, 3.8) is 0 Å². The van der Waals surface area contributed by atoms with Crippen molar-refractivity contribution < 1.29 is 4.74 Å². The third-order valence-corrected chi connectivity index (χ3v) is 3.80. The largest absolute Gasteiger partial charge is 0.492 e. The molecule has 0 bridgehead atoms. The number of benzene rings is 1. The molecule has 3 nitrogen and oxygen atoms in total. The Hall–Kier alpha value is -1.06. The standard InChI is InChI=1S/C16H26N2O/c1-13-9-14(2)12-18(11-13)7-8-19-16-6-4-3-5-15(16)10-17/h3-6,13-14H,7-12,17H2,1-2H3. The second-order valence-corrected chi connectivity index (χ2v) is 5.87. The van der Waals surface area contributed by atoms with Crippen molar-refractivity contribution in [1.82, 2.24) is 4.90 Å². The van der Waals surface area contributed by atoms with Crippen LogP contribution in [0.2, 0.25) is 0 Å². The maximum Gasteiger partial charge on any atom is 0.123 e. The smallest absolute Gasteiger partial charge is 0.123 e. The summed E-state index contributed by atoms with van der Waals surface area (Å²) in [5.41, 5.74) is 6.80. The molecule has 0 aromatic heterocycles. The lowest BCUT2D eigenvalue weighted by Crippen LogP contribution is -2.40. The molecule has 0 amide bonds. The van der Waals surface area contributed by atoms with E-state index in [1.54, 1.807) is 0 Å². The number of rotatable bonds is 5. The van der Waals surface area contributed by atoms with Crippen molar-refractivity contribution in [1.29, 1.82) is 0 Å². The van der Waals surface area contributed by atoms with Crippen LogP contribution in [0.3, 0.4) is 0 Å². The highest BCUT2D eigenvalue weighted by Crippen LogP contribution is 2.21. The summed E-state index contributed by atoms with van der Waals surface area (Å²) in [4.78, 5) is 2.52. The number of piperidine rings is 1. The molecule has 0 aliphatic carbocycles. The second kappa shape index (κ2) is 6.92. The van der Waals surface area contributed by atoms with E-state index in [-0.39, 0.29) is 0 Å². The molecule has 1 aromatic rings. The predicted molar refractivity (Wildman–Crippen MR) is 79.2 cm³/mol. The van der Waals surface area contributed by atoms with E-state index >= 15 is 0 Å². The Balaban J connectivity index is 1.80. The number of likely N-dealkylation sites (tertiary alicyclic amines) is 1. The van der Waals surface area contributed by atoms with E-state index in [4.69, 9.17) is 10.5 Å². The Morgan fingerprint density at radius 1 is 1.21 bits per heavy atom. The normalized spacial score (nSPS) is 24.4. The maximum absolute atomic E-state index is 5.88. The van der Waals surface area contributed by atoms with Gasteiger partial charge >= 0.3 is 0 Å². The summed E-state index contributed by atoms with van der Waals surface area (Å²) < 4.78 is 5.88. The molecule has 106 valence electrons. The van der Waals surface area contributed by atoms with Gasteiger partial charge in [-0.1, -0.05) is 32.0 Å². The molecule has 0 radical (unpaired) electrons. The first-order valence-electron chi connectivity index (χ1n) is 7.32. The number of nitrogens with two attached hydrogens (primary N) is 1. The average Bonchev–Trinajstić information content (AvgIpc) is 2.38. The molecule has 1 heterocycles. The molecular weight excluding hydrogens is 236 g/mol. The molecule has 0 spiro atoms. The quantitative estimate of drug-likeness (QED) is 0.886. The number of ether oxygens (including phenoxy) is 1. The summed E-state index contributed by atoms with van der Waals surface area (Å²) in [6.45, 7) is 9.37.